The average Bonchev–Trinajstić information content (AvgIpc) is 3.47. The molecule has 5 aromatic carbocycles. The second-order valence-corrected chi connectivity index (χ2v) is 8.85. The van der Waals surface area contributed by atoms with Crippen molar-refractivity contribution in [3.63, 3.8) is 0 Å². The summed E-state index contributed by atoms with van der Waals surface area (Å²) in [6.07, 6.45) is 0. The summed E-state index contributed by atoms with van der Waals surface area (Å²) in [6.45, 7) is 0. The Kier molecular flexibility index (Phi) is 4.24. The fourth-order valence-electron chi connectivity index (χ4n) is 5.23. The first-order valence-electron chi connectivity index (χ1n) is 11.6. The van der Waals surface area contributed by atoms with Crippen molar-refractivity contribution >= 4 is 43.7 Å². The van der Waals surface area contributed by atoms with Crippen molar-refractivity contribution in [1.82, 2.24) is 4.57 Å². The molecule has 0 atom stereocenters. The molecule has 7 rings (SSSR count). The second kappa shape index (κ2) is 7.60. The van der Waals surface area contributed by atoms with Crippen molar-refractivity contribution < 1.29 is 4.42 Å². The average molecular weight is 460 g/mol. The minimum atomic E-state index is 0.591. The molecule has 0 aliphatic heterocycles. The molecule has 4 heteroatoms. The number of benzene rings is 5. The molecule has 0 N–H and O–H groups in total. The molecule has 0 radical (unpaired) electrons. The predicted octanol–water partition coefficient (Wildman–Crippen LogP) is 8.09. The molecule has 2 aromatic heterocycles. The number of aromatic nitrogens is 1. The third-order valence-corrected chi connectivity index (χ3v) is 6.86. The van der Waals surface area contributed by atoms with Gasteiger partial charge in [-0.2, -0.15) is 10.5 Å². The molecule has 0 fully saturated rings. The molecule has 36 heavy (non-hydrogen) atoms. The van der Waals surface area contributed by atoms with E-state index in [9.17, 15) is 10.5 Å². The highest BCUT2D eigenvalue weighted by molar-refractivity contribution is 6.10. The molecule has 0 saturated heterocycles. The van der Waals surface area contributed by atoms with E-state index in [1.54, 1.807) is 6.07 Å². The summed E-state index contributed by atoms with van der Waals surface area (Å²) >= 11 is 0. The Bertz CT molecular complexity index is 2030. The largest absolute Gasteiger partial charge is 0.456 e. The van der Waals surface area contributed by atoms with Gasteiger partial charge in [0.25, 0.3) is 0 Å². The zero-order valence-electron chi connectivity index (χ0n) is 19.1. The molecule has 2 heterocycles. The van der Waals surface area contributed by atoms with E-state index in [-0.39, 0.29) is 0 Å². The molecule has 4 nitrogen and oxygen atoms in total. The fourth-order valence-corrected chi connectivity index (χ4v) is 5.23. The van der Waals surface area contributed by atoms with E-state index in [0.717, 1.165) is 49.8 Å². The highest BCUT2D eigenvalue weighted by Crippen LogP contribution is 2.38. The van der Waals surface area contributed by atoms with Crippen LogP contribution < -0.4 is 0 Å². The van der Waals surface area contributed by atoms with Gasteiger partial charge in [0, 0.05) is 27.1 Å². The number of hydrogen-bond acceptors (Lipinski definition) is 3. The molecule has 0 spiro atoms. The van der Waals surface area contributed by atoms with Crippen LogP contribution in [0.1, 0.15) is 11.1 Å². The lowest BCUT2D eigenvalue weighted by molar-refractivity contribution is 0.669. The van der Waals surface area contributed by atoms with E-state index in [4.69, 9.17) is 4.42 Å². The summed E-state index contributed by atoms with van der Waals surface area (Å²) in [5.41, 5.74) is 7.84. The van der Waals surface area contributed by atoms with Crippen LogP contribution in [0.15, 0.2) is 108 Å². The van der Waals surface area contributed by atoms with E-state index < -0.39 is 0 Å². The SMILES string of the molecule is N#Cc1ccc(-n2c3ccccc3c3ccccc32)c(-c2ccc3oc4ccc(C#N)cc4c3c2)c1. The number of nitrogens with zero attached hydrogens (tertiary/aromatic N) is 3. The lowest BCUT2D eigenvalue weighted by Crippen LogP contribution is -1.98. The minimum Gasteiger partial charge on any atom is -0.456 e. The maximum Gasteiger partial charge on any atom is 0.135 e. The fraction of sp³-hybridized carbons (Fsp3) is 0. The molecule has 7 aromatic rings. The molecular weight excluding hydrogens is 442 g/mol. The molecule has 0 bridgehead atoms. The molecule has 0 amide bonds. The summed E-state index contributed by atoms with van der Waals surface area (Å²) in [5.74, 6) is 0. The van der Waals surface area contributed by atoms with Gasteiger partial charge in [-0.3, -0.25) is 0 Å². The quantitative estimate of drug-likeness (QED) is 0.262. The maximum atomic E-state index is 9.71. The maximum absolute atomic E-state index is 9.71. The van der Waals surface area contributed by atoms with Crippen LogP contribution in [0.3, 0.4) is 0 Å². The Balaban J connectivity index is 1.56. The van der Waals surface area contributed by atoms with Crippen molar-refractivity contribution in [2.24, 2.45) is 0 Å². The summed E-state index contributed by atoms with van der Waals surface area (Å²) in [4.78, 5) is 0. The number of furan rings is 1. The van der Waals surface area contributed by atoms with Crippen LogP contribution in [0.5, 0.6) is 0 Å². The number of rotatable bonds is 2. The van der Waals surface area contributed by atoms with Gasteiger partial charge in [-0.1, -0.05) is 42.5 Å². The predicted molar refractivity (Wildman–Crippen MR) is 143 cm³/mol. The zero-order valence-corrected chi connectivity index (χ0v) is 19.1. The first kappa shape index (κ1) is 20.1. The standard InChI is InChI=1S/C32H17N3O/c33-18-20-9-12-30(35-28-7-3-1-5-23(28)24-6-2-4-8-29(24)35)25(15-20)22-11-14-32-27(17-22)26-16-21(19-34)10-13-31(26)36-32/h1-17H. The Morgan fingerprint density at radius 3 is 1.83 bits per heavy atom. The number of para-hydroxylation sites is 2. The van der Waals surface area contributed by atoms with Crippen molar-refractivity contribution in [3.8, 4) is 29.0 Å². The lowest BCUT2D eigenvalue weighted by atomic mass is 9.98. The van der Waals surface area contributed by atoms with E-state index in [1.165, 1.54) is 10.8 Å². The minimum absolute atomic E-state index is 0.591. The van der Waals surface area contributed by atoms with Gasteiger partial charge in [0.05, 0.1) is 40.0 Å². The van der Waals surface area contributed by atoms with Crippen LogP contribution in [0.4, 0.5) is 0 Å². The number of nitriles is 2. The van der Waals surface area contributed by atoms with Crippen LogP contribution >= 0.6 is 0 Å². The van der Waals surface area contributed by atoms with Gasteiger partial charge in [0.1, 0.15) is 11.2 Å². The van der Waals surface area contributed by atoms with Crippen molar-refractivity contribution in [1.29, 1.82) is 10.5 Å². The van der Waals surface area contributed by atoms with Gasteiger partial charge in [-0.25, -0.2) is 0 Å². The molecular formula is C32H17N3O. The van der Waals surface area contributed by atoms with Gasteiger partial charge < -0.3 is 8.98 Å². The third kappa shape index (κ3) is 2.86. The first-order chi connectivity index (χ1) is 17.7. The highest BCUT2D eigenvalue weighted by Gasteiger charge is 2.17. The van der Waals surface area contributed by atoms with Crippen molar-refractivity contribution in [2.75, 3.05) is 0 Å². The summed E-state index contributed by atoms with van der Waals surface area (Å²) < 4.78 is 8.31. The lowest BCUT2D eigenvalue weighted by Gasteiger charge is -2.14. The number of fused-ring (bicyclic) bond motifs is 6. The molecule has 166 valence electrons. The van der Waals surface area contributed by atoms with Crippen LogP contribution in [0.25, 0.3) is 60.6 Å². The Morgan fingerprint density at radius 1 is 0.556 bits per heavy atom. The molecule has 0 aliphatic carbocycles. The summed E-state index contributed by atoms with van der Waals surface area (Å²) in [6, 6.07) is 38.7. The molecule has 0 unspecified atom stereocenters. The Hall–Kier alpha value is -5.32. The van der Waals surface area contributed by atoms with Crippen LogP contribution in [0, 0.1) is 22.7 Å². The first-order valence-corrected chi connectivity index (χ1v) is 11.6. The van der Waals surface area contributed by atoms with Crippen molar-refractivity contribution in [3.05, 3.63) is 114 Å². The second-order valence-electron chi connectivity index (χ2n) is 8.85. The van der Waals surface area contributed by atoms with Crippen LogP contribution in [-0.2, 0) is 0 Å². The van der Waals surface area contributed by atoms with E-state index in [0.29, 0.717) is 11.1 Å². The van der Waals surface area contributed by atoms with Crippen LogP contribution in [0.2, 0.25) is 0 Å². The van der Waals surface area contributed by atoms with E-state index in [1.807, 2.05) is 42.5 Å². The van der Waals surface area contributed by atoms with Gasteiger partial charge >= 0.3 is 0 Å². The van der Waals surface area contributed by atoms with Gasteiger partial charge in [-0.05, 0) is 66.2 Å². The third-order valence-electron chi connectivity index (χ3n) is 6.86. The summed E-state index contributed by atoms with van der Waals surface area (Å²) in [5, 5.41) is 23.3. The van der Waals surface area contributed by atoms with E-state index >= 15 is 0 Å². The summed E-state index contributed by atoms with van der Waals surface area (Å²) in [7, 11) is 0. The normalized spacial score (nSPS) is 11.3. The van der Waals surface area contributed by atoms with Gasteiger partial charge in [-0.15, -0.1) is 0 Å². The number of hydrogen-bond donors (Lipinski definition) is 0. The molecule has 0 saturated carbocycles. The van der Waals surface area contributed by atoms with Gasteiger partial charge in [0.15, 0.2) is 0 Å². The molecule has 0 aliphatic rings. The monoisotopic (exact) mass is 459 g/mol. The highest BCUT2D eigenvalue weighted by atomic mass is 16.3. The topological polar surface area (TPSA) is 65.7 Å². The smallest absolute Gasteiger partial charge is 0.135 e. The Labute approximate surface area is 206 Å². The van der Waals surface area contributed by atoms with E-state index in [2.05, 4.69) is 71.3 Å². The van der Waals surface area contributed by atoms with Crippen LogP contribution in [-0.4, -0.2) is 4.57 Å². The zero-order chi connectivity index (χ0) is 24.2. The Morgan fingerprint density at radius 2 is 1.14 bits per heavy atom. The van der Waals surface area contributed by atoms with Gasteiger partial charge in [0.2, 0.25) is 0 Å². The van der Waals surface area contributed by atoms with Crippen molar-refractivity contribution in [2.45, 2.75) is 0 Å².